The van der Waals surface area contributed by atoms with E-state index >= 15 is 0 Å². The highest BCUT2D eigenvalue weighted by atomic mass is 16.1. The molecule has 98 valence electrons. The molecule has 2 fully saturated rings. The number of nitrogens with zero attached hydrogens (tertiary/aromatic N) is 1. The molecule has 1 saturated carbocycles. The zero-order valence-electron chi connectivity index (χ0n) is 11.5. The Morgan fingerprint density at radius 1 is 1.29 bits per heavy atom. The zero-order chi connectivity index (χ0) is 12.3. The van der Waals surface area contributed by atoms with Crippen LogP contribution >= 0.6 is 0 Å². The fraction of sp³-hybridized carbons (Fsp3) is 0.933. The molecule has 0 aromatic rings. The van der Waals surface area contributed by atoms with Gasteiger partial charge in [0.05, 0.1) is 0 Å². The molecule has 1 heterocycles. The van der Waals surface area contributed by atoms with Crippen molar-refractivity contribution < 1.29 is 4.79 Å². The Labute approximate surface area is 106 Å². The summed E-state index contributed by atoms with van der Waals surface area (Å²) < 4.78 is 0. The lowest BCUT2D eigenvalue weighted by Gasteiger charge is -2.34. The first-order valence-electron chi connectivity index (χ1n) is 7.49. The van der Waals surface area contributed by atoms with E-state index in [9.17, 15) is 4.79 Å². The van der Waals surface area contributed by atoms with Gasteiger partial charge < -0.3 is 0 Å². The molecule has 2 aliphatic rings. The van der Waals surface area contributed by atoms with Crippen molar-refractivity contribution in [2.45, 2.75) is 64.8 Å². The molecule has 1 saturated heterocycles. The van der Waals surface area contributed by atoms with E-state index < -0.39 is 0 Å². The second kappa shape index (κ2) is 5.99. The molecule has 0 aromatic heterocycles. The minimum atomic E-state index is 0.371. The van der Waals surface area contributed by atoms with Crippen LogP contribution in [0.5, 0.6) is 0 Å². The molecule has 1 aliphatic heterocycles. The van der Waals surface area contributed by atoms with Crippen LogP contribution in [0, 0.1) is 11.8 Å². The largest absolute Gasteiger partial charge is 0.299 e. The number of likely N-dealkylation sites (tertiary alicyclic amines) is 1. The van der Waals surface area contributed by atoms with Crippen LogP contribution < -0.4 is 0 Å². The van der Waals surface area contributed by atoms with Gasteiger partial charge in [-0.25, -0.2) is 0 Å². The molecule has 2 rings (SSSR count). The zero-order valence-corrected chi connectivity index (χ0v) is 11.5. The van der Waals surface area contributed by atoms with Crippen molar-refractivity contribution in [1.29, 1.82) is 0 Å². The van der Waals surface area contributed by atoms with Gasteiger partial charge in [-0.05, 0) is 38.1 Å². The van der Waals surface area contributed by atoms with Crippen molar-refractivity contribution in [3.05, 3.63) is 0 Å². The predicted octanol–water partition coefficient (Wildman–Crippen LogP) is 3.26. The van der Waals surface area contributed by atoms with Crippen LogP contribution in [0.4, 0.5) is 0 Å². The summed E-state index contributed by atoms with van der Waals surface area (Å²) in [6.07, 6.45) is 8.20. The van der Waals surface area contributed by atoms with Crippen molar-refractivity contribution in [3.8, 4) is 0 Å². The van der Waals surface area contributed by atoms with Gasteiger partial charge in [-0.2, -0.15) is 0 Å². The summed E-state index contributed by atoms with van der Waals surface area (Å²) in [5.74, 6) is 1.70. The van der Waals surface area contributed by atoms with Crippen LogP contribution in [0.15, 0.2) is 0 Å². The Morgan fingerprint density at radius 2 is 2.12 bits per heavy atom. The lowest BCUT2D eigenvalue weighted by molar-refractivity contribution is -0.126. The molecule has 0 aromatic carbocycles. The number of Topliss-reactive ketones (excluding diaryl/α,β-unsaturated/α-hetero) is 1. The molecular weight excluding hydrogens is 210 g/mol. The summed E-state index contributed by atoms with van der Waals surface area (Å²) in [5, 5.41) is 0. The molecule has 0 amide bonds. The number of carbonyl (C=O) groups excluding carboxylic acids is 1. The van der Waals surface area contributed by atoms with Gasteiger partial charge in [0.25, 0.3) is 0 Å². The Morgan fingerprint density at radius 3 is 2.82 bits per heavy atom. The first-order valence-corrected chi connectivity index (χ1v) is 7.49. The number of rotatable bonds is 4. The molecule has 3 atom stereocenters. The molecule has 0 radical (unpaired) electrons. The summed E-state index contributed by atoms with van der Waals surface area (Å²) in [4.78, 5) is 14.7. The molecular formula is C15H27NO. The third kappa shape index (κ3) is 3.09. The Hall–Kier alpha value is -0.370. The van der Waals surface area contributed by atoms with Crippen LogP contribution in [0.2, 0.25) is 0 Å². The average molecular weight is 237 g/mol. The first-order chi connectivity index (χ1) is 8.22. The van der Waals surface area contributed by atoms with Crippen molar-refractivity contribution >= 4 is 5.78 Å². The summed E-state index contributed by atoms with van der Waals surface area (Å²) >= 11 is 0. The van der Waals surface area contributed by atoms with Gasteiger partial charge in [0.1, 0.15) is 5.78 Å². The Kier molecular flexibility index (Phi) is 4.61. The number of hydrogen-bond acceptors (Lipinski definition) is 2. The SMILES string of the molecule is CCC(C)CN1CCCC1C1CCCCC1=O. The molecule has 3 unspecified atom stereocenters. The van der Waals surface area contributed by atoms with Gasteiger partial charge in [0.15, 0.2) is 0 Å². The third-order valence-corrected chi connectivity index (χ3v) is 4.72. The quantitative estimate of drug-likeness (QED) is 0.748. The molecule has 0 spiro atoms. The van der Waals surface area contributed by atoms with Gasteiger partial charge in [-0.15, -0.1) is 0 Å². The number of hydrogen-bond donors (Lipinski definition) is 0. The minimum absolute atomic E-state index is 0.371. The summed E-state index contributed by atoms with van der Waals surface area (Å²) in [7, 11) is 0. The maximum Gasteiger partial charge on any atom is 0.137 e. The standard InChI is InChI=1S/C15H27NO/c1-3-12(2)11-16-10-6-8-14(16)13-7-4-5-9-15(13)17/h12-14H,3-11H2,1-2H3. The minimum Gasteiger partial charge on any atom is -0.299 e. The third-order valence-electron chi connectivity index (χ3n) is 4.72. The Balaban J connectivity index is 1.95. The maximum atomic E-state index is 12.1. The molecule has 2 heteroatoms. The van der Waals surface area contributed by atoms with Gasteiger partial charge in [-0.1, -0.05) is 26.7 Å². The normalized spacial score (nSPS) is 32.9. The van der Waals surface area contributed by atoms with Gasteiger partial charge in [0.2, 0.25) is 0 Å². The van der Waals surface area contributed by atoms with Crippen molar-refractivity contribution in [2.24, 2.45) is 11.8 Å². The van der Waals surface area contributed by atoms with E-state index in [-0.39, 0.29) is 0 Å². The summed E-state index contributed by atoms with van der Waals surface area (Å²) in [6, 6.07) is 0.580. The monoisotopic (exact) mass is 237 g/mol. The van der Waals surface area contributed by atoms with Crippen LogP contribution in [-0.4, -0.2) is 29.8 Å². The van der Waals surface area contributed by atoms with Gasteiger partial charge in [0, 0.05) is 24.9 Å². The van der Waals surface area contributed by atoms with E-state index in [1.54, 1.807) is 0 Å². The number of carbonyl (C=O) groups is 1. The van der Waals surface area contributed by atoms with Crippen LogP contribution in [0.3, 0.4) is 0 Å². The van der Waals surface area contributed by atoms with Crippen molar-refractivity contribution in [1.82, 2.24) is 4.90 Å². The molecule has 2 nitrogen and oxygen atoms in total. The Bertz CT molecular complexity index is 264. The first kappa shape index (κ1) is 13.1. The fourth-order valence-electron chi connectivity index (χ4n) is 3.48. The second-order valence-corrected chi connectivity index (χ2v) is 6.04. The van der Waals surface area contributed by atoms with Crippen molar-refractivity contribution in [3.63, 3.8) is 0 Å². The van der Waals surface area contributed by atoms with Gasteiger partial charge in [-0.3, -0.25) is 9.69 Å². The molecule has 1 aliphatic carbocycles. The van der Waals surface area contributed by atoms with E-state index in [0.29, 0.717) is 17.7 Å². The maximum absolute atomic E-state index is 12.1. The topological polar surface area (TPSA) is 20.3 Å². The molecule has 0 N–H and O–H groups in total. The van der Waals surface area contributed by atoms with E-state index in [4.69, 9.17) is 0 Å². The average Bonchev–Trinajstić information content (AvgIpc) is 2.77. The van der Waals surface area contributed by atoms with Crippen molar-refractivity contribution in [2.75, 3.05) is 13.1 Å². The highest BCUT2D eigenvalue weighted by Crippen LogP contribution is 2.32. The smallest absolute Gasteiger partial charge is 0.137 e. The van der Waals surface area contributed by atoms with E-state index in [0.717, 1.165) is 25.2 Å². The van der Waals surface area contributed by atoms with E-state index in [1.807, 2.05) is 0 Å². The van der Waals surface area contributed by atoms with E-state index in [1.165, 1.54) is 38.8 Å². The predicted molar refractivity (Wildman–Crippen MR) is 71.0 cm³/mol. The summed E-state index contributed by atoms with van der Waals surface area (Å²) in [6.45, 7) is 7.02. The fourth-order valence-corrected chi connectivity index (χ4v) is 3.48. The van der Waals surface area contributed by atoms with Crippen LogP contribution in [0.25, 0.3) is 0 Å². The van der Waals surface area contributed by atoms with E-state index in [2.05, 4.69) is 18.7 Å². The highest BCUT2D eigenvalue weighted by molar-refractivity contribution is 5.82. The lowest BCUT2D eigenvalue weighted by atomic mass is 9.81. The summed E-state index contributed by atoms with van der Waals surface area (Å²) in [5.41, 5.74) is 0. The molecule has 0 bridgehead atoms. The van der Waals surface area contributed by atoms with Gasteiger partial charge >= 0.3 is 0 Å². The van der Waals surface area contributed by atoms with Crippen LogP contribution in [-0.2, 0) is 4.79 Å². The molecule has 17 heavy (non-hydrogen) atoms. The second-order valence-electron chi connectivity index (χ2n) is 6.04. The number of ketones is 1. The lowest BCUT2D eigenvalue weighted by Crippen LogP contribution is -2.42. The highest BCUT2D eigenvalue weighted by Gasteiger charge is 2.36. The van der Waals surface area contributed by atoms with Crippen LogP contribution in [0.1, 0.15) is 58.8 Å².